The van der Waals surface area contributed by atoms with Crippen LogP contribution in [0, 0.1) is 23.7 Å². The molecule has 0 amide bonds. The molecule has 2 rings (SSSR count). The Labute approximate surface area is 148 Å². The van der Waals surface area contributed by atoms with Crippen LogP contribution < -0.4 is 0 Å². The van der Waals surface area contributed by atoms with Crippen molar-refractivity contribution in [3.8, 4) is 0 Å². The summed E-state index contributed by atoms with van der Waals surface area (Å²) >= 11 is 0. The van der Waals surface area contributed by atoms with E-state index >= 15 is 0 Å². The SMILES string of the molecule is C=CC(=O)OCCOC(=O)C1CCC(C2CCC(C(=O)O)CC2)CC1. The Morgan fingerprint density at radius 1 is 0.840 bits per heavy atom. The lowest BCUT2D eigenvalue weighted by molar-refractivity contribution is -0.154. The van der Waals surface area contributed by atoms with Gasteiger partial charge in [0.05, 0.1) is 11.8 Å². The van der Waals surface area contributed by atoms with Crippen LogP contribution in [0.25, 0.3) is 0 Å². The molecule has 2 aliphatic rings. The van der Waals surface area contributed by atoms with Crippen molar-refractivity contribution in [2.45, 2.75) is 51.4 Å². The third-order valence-electron chi connectivity index (χ3n) is 5.63. The summed E-state index contributed by atoms with van der Waals surface area (Å²) in [5.41, 5.74) is 0. The molecule has 2 saturated carbocycles. The minimum atomic E-state index is -0.663. The number of hydrogen-bond donors (Lipinski definition) is 1. The van der Waals surface area contributed by atoms with E-state index in [0.717, 1.165) is 57.4 Å². The fourth-order valence-electron chi connectivity index (χ4n) is 4.13. The minimum Gasteiger partial charge on any atom is -0.481 e. The summed E-state index contributed by atoms with van der Waals surface area (Å²) < 4.78 is 9.96. The van der Waals surface area contributed by atoms with Crippen molar-refractivity contribution in [3.05, 3.63) is 12.7 Å². The van der Waals surface area contributed by atoms with Gasteiger partial charge in [0.15, 0.2) is 0 Å². The number of carbonyl (C=O) groups excluding carboxylic acids is 2. The molecule has 0 bridgehead atoms. The molecule has 0 heterocycles. The van der Waals surface area contributed by atoms with Crippen LogP contribution in [0.5, 0.6) is 0 Å². The Balaban J connectivity index is 1.64. The minimum absolute atomic E-state index is 0.0543. The highest BCUT2D eigenvalue weighted by atomic mass is 16.6. The fraction of sp³-hybridized carbons (Fsp3) is 0.737. The fourth-order valence-corrected chi connectivity index (χ4v) is 4.13. The number of esters is 2. The van der Waals surface area contributed by atoms with Gasteiger partial charge in [-0.05, 0) is 63.2 Å². The summed E-state index contributed by atoms with van der Waals surface area (Å²) in [5, 5.41) is 9.08. The summed E-state index contributed by atoms with van der Waals surface area (Å²) in [5.74, 6) is -0.418. The monoisotopic (exact) mass is 352 g/mol. The second-order valence-electron chi connectivity index (χ2n) is 7.10. The van der Waals surface area contributed by atoms with Gasteiger partial charge in [-0.2, -0.15) is 0 Å². The van der Waals surface area contributed by atoms with Crippen LogP contribution in [-0.4, -0.2) is 36.2 Å². The maximum atomic E-state index is 12.1. The molecular weight excluding hydrogens is 324 g/mol. The third kappa shape index (κ3) is 5.87. The summed E-state index contributed by atoms with van der Waals surface area (Å²) in [6.45, 7) is 3.43. The number of carboxylic acid groups (broad SMARTS) is 1. The van der Waals surface area contributed by atoms with Gasteiger partial charge < -0.3 is 14.6 Å². The Morgan fingerprint density at radius 3 is 1.80 bits per heavy atom. The number of rotatable bonds is 7. The van der Waals surface area contributed by atoms with Gasteiger partial charge in [0.1, 0.15) is 13.2 Å². The number of aliphatic carboxylic acids is 1. The van der Waals surface area contributed by atoms with Crippen LogP contribution in [0.15, 0.2) is 12.7 Å². The van der Waals surface area contributed by atoms with Crippen molar-refractivity contribution in [2.75, 3.05) is 13.2 Å². The predicted octanol–water partition coefficient (Wildman–Crippen LogP) is 2.96. The summed E-state index contributed by atoms with van der Waals surface area (Å²) in [6.07, 6.45) is 8.30. The van der Waals surface area contributed by atoms with E-state index < -0.39 is 11.9 Å². The lowest BCUT2D eigenvalue weighted by Gasteiger charge is -2.36. The van der Waals surface area contributed by atoms with Gasteiger partial charge in [-0.3, -0.25) is 9.59 Å². The summed E-state index contributed by atoms with van der Waals surface area (Å²) in [6, 6.07) is 0. The maximum Gasteiger partial charge on any atom is 0.330 e. The second kappa shape index (κ2) is 9.59. The molecular formula is C19H28O6. The first-order valence-corrected chi connectivity index (χ1v) is 9.20. The van der Waals surface area contributed by atoms with Crippen LogP contribution in [0.4, 0.5) is 0 Å². The molecule has 0 spiro atoms. The Bertz CT molecular complexity index is 484. The number of carbonyl (C=O) groups is 3. The molecule has 1 N–H and O–H groups in total. The van der Waals surface area contributed by atoms with Crippen molar-refractivity contribution in [3.63, 3.8) is 0 Å². The number of hydrogen-bond acceptors (Lipinski definition) is 5. The van der Waals surface area contributed by atoms with Crippen molar-refractivity contribution in [2.24, 2.45) is 23.7 Å². The molecule has 25 heavy (non-hydrogen) atoms. The highest BCUT2D eigenvalue weighted by Crippen LogP contribution is 2.41. The van der Waals surface area contributed by atoms with E-state index in [9.17, 15) is 14.4 Å². The highest BCUT2D eigenvalue weighted by molar-refractivity contribution is 5.81. The Hall–Kier alpha value is -1.85. The Kier molecular flexibility index (Phi) is 7.47. The first kappa shape index (κ1) is 19.5. The average Bonchev–Trinajstić information content (AvgIpc) is 2.65. The lowest BCUT2D eigenvalue weighted by Crippen LogP contribution is -2.30. The first-order valence-electron chi connectivity index (χ1n) is 9.20. The van der Waals surface area contributed by atoms with Crippen LogP contribution >= 0.6 is 0 Å². The van der Waals surface area contributed by atoms with Gasteiger partial charge in [0.25, 0.3) is 0 Å². The Morgan fingerprint density at radius 2 is 1.32 bits per heavy atom. The van der Waals surface area contributed by atoms with Gasteiger partial charge >= 0.3 is 17.9 Å². The molecule has 0 aliphatic heterocycles. The molecule has 0 saturated heterocycles. The van der Waals surface area contributed by atoms with E-state index in [1.54, 1.807) is 0 Å². The zero-order chi connectivity index (χ0) is 18.2. The van der Waals surface area contributed by atoms with Crippen molar-refractivity contribution >= 4 is 17.9 Å². The maximum absolute atomic E-state index is 12.1. The van der Waals surface area contributed by atoms with Crippen LogP contribution in [0.1, 0.15) is 51.4 Å². The highest BCUT2D eigenvalue weighted by Gasteiger charge is 2.34. The molecule has 0 unspecified atom stereocenters. The topological polar surface area (TPSA) is 89.9 Å². The molecule has 0 radical (unpaired) electrons. The quantitative estimate of drug-likeness (QED) is 0.430. The predicted molar refractivity (Wildman–Crippen MR) is 90.6 cm³/mol. The van der Waals surface area contributed by atoms with Crippen LogP contribution in [-0.2, 0) is 23.9 Å². The van der Waals surface area contributed by atoms with E-state index in [4.69, 9.17) is 14.6 Å². The van der Waals surface area contributed by atoms with E-state index in [0.29, 0.717) is 11.8 Å². The van der Waals surface area contributed by atoms with Gasteiger partial charge in [-0.1, -0.05) is 6.58 Å². The molecule has 0 atom stereocenters. The van der Waals surface area contributed by atoms with Crippen molar-refractivity contribution < 1.29 is 29.0 Å². The summed E-state index contributed by atoms with van der Waals surface area (Å²) in [7, 11) is 0. The lowest BCUT2D eigenvalue weighted by atomic mass is 9.69. The zero-order valence-corrected chi connectivity index (χ0v) is 14.7. The largest absolute Gasteiger partial charge is 0.481 e. The second-order valence-corrected chi connectivity index (χ2v) is 7.10. The third-order valence-corrected chi connectivity index (χ3v) is 5.63. The average molecular weight is 352 g/mol. The molecule has 6 nitrogen and oxygen atoms in total. The van der Waals surface area contributed by atoms with E-state index in [-0.39, 0.29) is 31.0 Å². The smallest absolute Gasteiger partial charge is 0.330 e. The van der Waals surface area contributed by atoms with Gasteiger partial charge in [0, 0.05) is 6.08 Å². The zero-order valence-electron chi connectivity index (χ0n) is 14.7. The van der Waals surface area contributed by atoms with Crippen molar-refractivity contribution in [1.82, 2.24) is 0 Å². The standard InChI is InChI=1S/C19H28O6/c1-2-17(20)24-11-12-25-19(23)16-9-5-14(6-10-16)13-3-7-15(8-4-13)18(21)22/h2,13-16H,1,3-12H2,(H,21,22). The van der Waals surface area contributed by atoms with E-state index in [1.807, 2.05) is 0 Å². The molecule has 2 aliphatic carbocycles. The number of carboxylic acids is 1. The molecule has 0 aromatic heterocycles. The van der Waals surface area contributed by atoms with Crippen LogP contribution in [0.2, 0.25) is 0 Å². The first-order chi connectivity index (χ1) is 12.0. The number of ether oxygens (including phenoxy) is 2. The molecule has 0 aromatic carbocycles. The van der Waals surface area contributed by atoms with Gasteiger partial charge in [0.2, 0.25) is 0 Å². The summed E-state index contributed by atoms with van der Waals surface area (Å²) in [4.78, 5) is 34.0. The van der Waals surface area contributed by atoms with E-state index in [1.165, 1.54) is 0 Å². The molecule has 140 valence electrons. The van der Waals surface area contributed by atoms with Gasteiger partial charge in [-0.25, -0.2) is 4.79 Å². The molecule has 2 fully saturated rings. The van der Waals surface area contributed by atoms with Gasteiger partial charge in [-0.15, -0.1) is 0 Å². The van der Waals surface area contributed by atoms with Crippen LogP contribution in [0.3, 0.4) is 0 Å². The normalized spacial score (nSPS) is 29.4. The molecule has 6 heteroatoms. The van der Waals surface area contributed by atoms with Crippen molar-refractivity contribution in [1.29, 1.82) is 0 Å². The van der Waals surface area contributed by atoms with E-state index in [2.05, 4.69) is 6.58 Å². The molecule has 0 aromatic rings.